The minimum Gasteiger partial charge on any atom is -0.280 e. The highest BCUT2D eigenvalue weighted by Crippen LogP contribution is 2.37. The van der Waals surface area contributed by atoms with Crippen LogP contribution >= 0.6 is 11.8 Å². The Hall–Kier alpha value is -3.96. The van der Waals surface area contributed by atoms with Crippen molar-refractivity contribution in [2.75, 3.05) is 10.7 Å². The summed E-state index contributed by atoms with van der Waals surface area (Å²) in [4.78, 5) is 25.2. The average molecular weight is 474 g/mol. The number of hydrogen-bond donors (Lipinski definition) is 0. The van der Waals surface area contributed by atoms with Gasteiger partial charge in [-0.1, -0.05) is 96.7 Å². The molecule has 0 bridgehead atoms. The highest BCUT2D eigenvalue weighted by Gasteiger charge is 2.26. The number of amides is 1. The van der Waals surface area contributed by atoms with Crippen molar-refractivity contribution in [3.63, 3.8) is 0 Å². The summed E-state index contributed by atoms with van der Waals surface area (Å²) in [5, 5.41) is 1.61. The van der Waals surface area contributed by atoms with E-state index in [9.17, 15) is 4.79 Å². The molecule has 0 spiro atoms. The number of thioether (sulfide) groups is 1. The molecule has 4 aromatic carbocycles. The van der Waals surface area contributed by atoms with E-state index in [1.165, 1.54) is 22.9 Å². The highest BCUT2D eigenvalue weighted by atomic mass is 32.2. The van der Waals surface area contributed by atoms with Crippen LogP contribution in [0.5, 0.6) is 0 Å². The maximum atomic E-state index is 13.7. The summed E-state index contributed by atoms with van der Waals surface area (Å²) in [5.41, 5.74) is 7.11. The van der Waals surface area contributed by atoms with Crippen molar-refractivity contribution < 1.29 is 4.79 Å². The number of para-hydroxylation sites is 3. The maximum Gasteiger partial charge on any atom is 0.242 e. The first-order valence-corrected chi connectivity index (χ1v) is 12.7. The number of hydrogen-bond acceptors (Lipinski definition) is 4. The van der Waals surface area contributed by atoms with E-state index < -0.39 is 0 Å². The zero-order valence-corrected chi connectivity index (χ0v) is 19.9. The lowest BCUT2D eigenvalue weighted by Gasteiger charge is -2.24. The van der Waals surface area contributed by atoms with Gasteiger partial charge in [-0.25, -0.2) is 9.97 Å². The number of aromatic nitrogens is 2. The number of carbonyl (C=O) groups is 1. The quantitative estimate of drug-likeness (QED) is 0.211. The Balaban J connectivity index is 1.35. The summed E-state index contributed by atoms with van der Waals surface area (Å²) >= 11 is 1.39. The molecule has 0 N–H and O–H groups in total. The largest absolute Gasteiger partial charge is 0.280 e. The van der Waals surface area contributed by atoms with Gasteiger partial charge in [-0.2, -0.15) is 0 Å². The fourth-order valence-electron chi connectivity index (χ4n) is 4.68. The third kappa shape index (κ3) is 4.19. The number of nitrogens with zero attached hydrogens (tertiary/aromatic N) is 3. The topological polar surface area (TPSA) is 46.1 Å². The molecular formula is C30H23N3OS. The summed E-state index contributed by atoms with van der Waals surface area (Å²) in [5.74, 6) is 0.268. The first-order chi connectivity index (χ1) is 17.3. The second-order valence-electron chi connectivity index (χ2n) is 8.51. The molecule has 5 heteroatoms. The summed E-state index contributed by atoms with van der Waals surface area (Å²) in [7, 11) is 0. The van der Waals surface area contributed by atoms with Gasteiger partial charge in [-0.3, -0.25) is 9.69 Å². The normalized spacial score (nSPS) is 12.6. The van der Waals surface area contributed by atoms with E-state index in [2.05, 4.69) is 24.3 Å². The second kappa shape index (κ2) is 9.35. The maximum absolute atomic E-state index is 13.7. The van der Waals surface area contributed by atoms with Crippen molar-refractivity contribution in [1.82, 2.24) is 9.97 Å². The van der Waals surface area contributed by atoms with Gasteiger partial charge in [-0.05, 0) is 42.2 Å². The van der Waals surface area contributed by atoms with Crippen LogP contribution in [0.25, 0.3) is 22.2 Å². The zero-order valence-electron chi connectivity index (χ0n) is 19.1. The van der Waals surface area contributed by atoms with Gasteiger partial charge >= 0.3 is 0 Å². The first kappa shape index (κ1) is 21.6. The third-order valence-corrected chi connectivity index (χ3v) is 7.16. The molecule has 0 aliphatic carbocycles. The third-order valence-electron chi connectivity index (χ3n) is 6.33. The van der Waals surface area contributed by atoms with E-state index in [4.69, 9.17) is 9.97 Å². The molecule has 1 aliphatic heterocycles. The Kier molecular flexibility index (Phi) is 5.76. The number of anilines is 2. The standard InChI is InChI=1S/C30H23N3OS/c34-28(33-26-16-8-4-10-21(26)18-19-22-11-5-9-17-27(22)33)20-35-30-31-25-15-7-6-14-24(25)29(32-30)23-12-2-1-3-13-23/h1-17H,18-20H2. The van der Waals surface area contributed by atoms with Gasteiger partial charge in [0, 0.05) is 10.9 Å². The zero-order chi connectivity index (χ0) is 23.6. The van der Waals surface area contributed by atoms with Gasteiger partial charge in [-0.15, -0.1) is 0 Å². The Bertz CT molecular complexity index is 1490. The molecule has 35 heavy (non-hydrogen) atoms. The number of benzene rings is 4. The summed E-state index contributed by atoms with van der Waals surface area (Å²) in [6, 6.07) is 34.6. The van der Waals surface area contributed by atoms with Gasteiger partial charge < -0.3 is 0 Å². The van der Waals surface area contributed by atoms with Crippen molar-refractivity contribution in [3.8, 4) is 11.3 Å². The molecule has 0 saturated heterocycles. The molecule has 0 atom stereocenters. The van der Waals surface area contributed by atoms with Crippen LogP contribution in [0.3, 0.4) is 0 Å². The monoisotopic (exact) mass is 473 g/mol. The molecule has 170 valence electrons. The smallest absolute Gasteiger partial charge is 0.242 e. The molecule has 0 radical (unpaired) electrons. The van der Waals surface area contributed by atoms with E-state index in [-0.39, 0.29) is 11.7 Å². The number of carbonyl (C=O) groups excluding carboxylic acids is 1. The molecule has 4 nitrogen and oxygen atoms in total. The van der Waals surface area contributed by atoms with Crippen molar-refractivity contribution in [1.29, 1.82) is 0 Å². The van der Waals surface area contributed by atoms with Gasteiger partial charge in [0.1, 0.15) is 0 Å². The molecule has 2 heterocycles. The van der Waals surface area contributed by atoms with Crippen LogP contribution in [0, 0.1) is 0 Å². The van der Waals surface area contributed by atoms with Crippen LogP contribution in [-0.4, -0.2) is 21.6 Å². The van der Waals surface area contributed by atoms with Crippen LogP contribution in [-0.2, 0) is 17.6 Å². The van der Waals surface area contributed by atoms with E-state index in [1.54, 1.807) is 0 Å². The SMILES string of the molecule is O=C(CSc1nc(-c2ccccc2)c2ccccc2n1)N1c2ccccc2CCc2ccccc21. The number of fused-ring (bicyclic) bond motifs is 3. The first-order valence-electron chi connectivity index (χ1n) is 11.7. The minimum absolute atomic E-state index is 0.0230. The molecular weight excluding hydrogens is 450 g/mol. The van der Waals surface area contributed by atoms with Gasteiger partial charge in [0.05, 0.1) is 28.3 Å². The second-order valence-corrected chi connectivity index (χ2v) is 9.46. The fourth-order valence-corrected chi connectivity index (χ4v) is 5.38. The lowest BCUT2D eigenvalue weighted by atomic mass is 10.0. The lowest BCUT2D eigenvalue weighted by molar-refractivity contribution is -0.115. The number of rotatable bonds is 4. The van der Waals surface area contributed by atoms with Gasteiger partial charge in [0.15, 0.2) is 5.16 Å². The summed E-state index contributed by atoms with van der Waals surface area (Å²) in [6.45, 7) is 0. The van der Waals surface area contributed by atoms with Crippen LogP contribution in [0.1, 0.15) is 11.1 Å². The van der Waals surface area contributed by atoms with Crippen LogP contribution in [0.4, 0.5) is 11.4 Å². The fraction of sp³-hybridized carbons (Fsp3) is 0.100. The minimum atomic E-state index is 0.0230. The molecule has 0 saturated carbocycles. The predicted molar refractivity (Wildman–Crippen MR) is 143 cm³/mol. The van der Waals surface area contributed by atoms with Crippen molar-refractivity contribution in [2.24, 2.45) is 0 Å². The molecule has 0 fully saturated rings. The highest BCUT2D eigenvalue weighted by molar-refractivity contribution is 7.99. The molecule has 1 amide bonds. The molecule has 1 aromatic heterocycles. The van der Waals surface area contributed by atoms with Crippen molar-refractivity contribution in [3.05, 3.63) is 114 Å². The molecule has 0 unspecified atom stereocenters. The average Bonchev–Trinajstić information content (AvgIpc) is 3.09. The van der Waals surface area contributed by atoms with Crippen molar-refractivity contribution >= 4 is 39.9 Å². The Morgan fingerprint density at radius 2 is 1.31 bits per heavy atom. The lowest BCUT2D eigenvalue weighted by Crippen LogP contribution is -2.28. The molecule has 1 aliphatic rings. The van der Waals surface area contributed by atoms with E-state index in [1.807, 2.05) is 83.8 Å². The van der Waals surface area contributed by atoms with E-state index >= 15 is 0 Å². The van der Waals surface area contributed by atoms with Gasteiger partial charge in [0.25, 0.3) is 0 Å². The molecule has 6 rings (SSSR count). The Morgan fingerprint density at radius 1 is 0.714 bits per heavy atom. The van der Waals surface area contributed by atoms with Crippen LogP contribution < -0.4 is 4.90 Å². The summed E-state index contributed by atoms with van der Waals surface area (Å²) in [6.07, 6.45) is 1.83. The number of aryl methyl sites for hydroxylation is 2. The van der Waals surface area contributed by atoms with Crippen LogP contribution in [0.2, 0.25) is 0 Å². The Morgan fingerprint density at radius 3 is 2.03 bits per heavy atom. The Labute approximate surface area is 208 Å². The predicted octanol–water partition coefficient (Wildman–Crippen LogP) is 6.85. The summed E-state index contributed by atoms with van der Waals surface area (Å²) < 4.78 is 0. The van der Waals surface area contributed by atoms with E-state index in [0.717, 1.165) is 46.4 Å². The van der Waals surface area contributed by atoms with Crippen molar-refractivity contribution in [2.45, 2.75) is 18.0 Å². The van der Waals surface area contributed by atoms with E-state index in [0.29, 0.717) is 5.16 Å². The molecule has 5 aromatic rings. The van der Waals surface area contributed by atoms with Crippen LogP contribution in [0.15, 0.2) is 108 Å². The van der Waals surface area contributed by atoms with Gasteiger partial charge in [0.2, 0.25) is 5.91 Å².